The number of hydrogen-bond acceptors (Lipinski definition) is 15. The van der Waals surface area contributed by atoms with Crippen molar-refractivity contribution in [1.29, 1.82) is 0 Å². The van der Waals surface area contributed by atoms with Gasteiger partial charge in [0.05, 0.1) is 26.4 Å². The molecule has 0 saturated heterocycles. The molecule has 0 aromatic rings. The Hall–Kier alpha value is -4.80. The fourth-order valence-corrected chi connectivity index (χ4v) is 12.0. The molecule has 3 N–H and O–H groups in total. The number of phosphoric acid groups is 2. The average molecular weight is 1500 g/mol. The number of carbonyl (C=O) groups excluding carboxylic acids is 4. The first-order valence-electron chi connectivity index (χ1n) is 40.4. The molecular formula is C85H144O17P2. The molecule has 17 nitrogen and oxygen atoms in total. The first kappa shape index (κ1) is 99.2. The quantitative estimate of drug-likeness (QED) is 0.0169. The Morgan fingerprint density at radius 2 is 0.519 bits per heavy atom. The molecule has 5 atom stereocenters. The molecule has 0 rings (SSSR count). The Balaban J connectivity index is 5.39. The minimum atomic E-state index is -4.99. The van der Waals surface area contributed by atoms with Crippen molar-refractivity contribution < 1.29 is 80.2 Å². The van der Waals surface area contributed by atoms with Crippen molar-refractivity contribution in [3.8, 4) is 0 Å². The molecular weight excluding hydrogens is 1350 g/mol. The largest absolute Gasteiger partial charge is 0.472 e. The Morgan fingerprint density at radius 1 is 0.279 bits per heavy atom. The summed E-state index contributed by atoms with van der Waals surface area (Å²) >= 11 is 0. The third-order valence-electron chi connectivity index (χ3n) is 16.6. The number of rotatable bonds is 75. The van der Waals surface area contributed by atoms with E-state index in [0.717, 1.165) is 225 Å². The van der Waals surface area contributed by atoms with Crippen LogP contribution < -0.4 is 0 Å². The molecule has 596 valence electrons. The van der Waals surface area contributed by atoms with E-state index in [1.165, 1.54) is 19.3 Å². The number of aliphatic hydroxyl groups is 1. The number of carbonyl (C=O) groups is 4. The van der Waals surface area contributed by atoms with Gasteiger partial charge in [0.2, 0.25) is 0 Å². The predicted octanol–water partition coefficient (Wildman–Crippen LogP) is 23.7. The summed E-state index contributed by atoms with van der Waals surface area (Å²) in [5.41, 5.74) is 0. The lowest BCUT2D eigenvalue weighted by Gasteiger charge is -2.21. The third kappa shape index (κ3) is 75.4. The van der Waals surface area contributed by atoms with Crippen molar-refractivity contribution in [3.05, 3.63) is 134 Å². The Labute approximate surface area is 631 Å². The standard InChI is InChI=1S/C85H144O17P2/c1-5-9-13-17-21-25-29-33-36-38-39-41-43-47-50-54-58-62-66-70-83(88)96-76-81(102-85(90)72-68-64-60-56-52-48-44-40-37-34-30-26-22-18-14-10-6-2)78-100-104(93,94)98-74-79(86)73-97-103(91,92)99-77-80(101-84(89)71-67-63-59-55-51-45-32-28-24-20-16-12-8-4)75-95-82(87)69-65-61-57-53-49-46-42-35-31-27-23-19-15-11-7-3/h10-11,14-16,20-23,25-28,32-37,39,41-42,79-81,86H,5-9,12-13,17-19,24,29-31,38,40,43-78H2,1-4H3,(H,91,92)(H,93,94)/b14-10-,15-11-,20-16-,25-21-,26-22-,27-23-,32-28-,36-33-,37-34-,41-39-,42-35-. The molecule has 0 spiro atoms. The first-order valence-corrected chi connectivity index (χ1v) is 43.4. The first-order chi connectivity index (χ1) is 50.7. The van der Waals surface area contributed by atoms with E-state index in [1.54, 1.807) is 0 Å². The van der Waals surface area contributed by atoms with Gasteiger partial charge in [0.25, 0.3) is 0 Å². The van der Waals surface area contributed by atoms with Crippen molar-refractivity contribution in [2.75, 3.05) is 39.6 Å². The summed E-state index contributed by atoms with van der Waals surface area (Å²) in [6, 6.07) is 0. The van der Waals surface area contributed by atoms with Crippen LogP contribution in [0.4, 0.5) is 0 Å². The van der Waals surface area contributed by atoms with Crippen molar-refractivity contribution in [2.45, 2.75) is 341 Å². The molecule has 0 aliphatic heterocycles. The van der Waals surface area contributed by atoms with Crippen LogP contribution in [-0.4, -0.2) is 96.7 Å². The zero-order valence-corrected chi connectivity index (χ0v) is 66.9. The van der Waals surface area contributed by atoms with Crippen LogP contribution in [0.1, 0.15) is 323 Å². The van der Waals surface area contributed by atoms with Gasteiger partial charge in [-0.25, -0.2) is 9.13 Å². The van der Waals surface area contributed by atoms with Crippen molar-refractivity contribution in [3.63, 3.8) is 0 Å². The van der Waals surface area contributed by atoms with Gasteiger partial charge in [0.15, 0.2) is 12.2 Å². The van der Waals surface area contributed by atoms with Crippen molar-refractivity contribution in [1.82, 2.24) is 0 Å². The van der Waals surface area contributed by atoms with Crippen molar-refractivity contribution >= 4 is 39.5 Å². The molecule has 0 heterocycles. The monoisotopic (exact) mass is 1500 g/mol. The molecule has 0 aliphatic rings. The van der Waals surface area contributed by atoms with E-state index in [2.05, 4.69) is 161 Å². The molecule has 0 aromatic carbocycles. The van der Waals surface area contributed by atoms with Crippen LogP contribution in [0.2, 0.25) is 0 Å². The Morgan fingerprint density at radius 3 is 0.808 bits per heavy atom. The number of allylic oxidation sites excluding steroid dienone is 22. The second-order valence-corrected chi connectivity index (χ2v) is 29.5. The summed E-state index contributed by atoms with van der Waals surface area (Å²) in [6.45, 7) is 4.52. The lowest BCUT2D eigenvalue weighted by atomic mass is 10.1. The zero-order valence-electron chi connectivity index (χ0n) is 65.2. The fourth-order valence-electron chi connectivity index (χ4n) is 10.5. The number of aliphatic hydroxyl groups excluding tert-OH is 1. The molecule has 19 heteroatoms. The zero-order chi connectivity index (χ0) is 76.0. The summed E-state index contributed by atoms with van der Waals surface area (Å²) in [7, 11) is -9.98. The molecule has 104 heavy (non-hydrogen) atoms. The second kappa shape index (κ2) is 76.4. The van der Waals surface area contributed by atoms with E-state index in [-0.39, 0.29) is 25.7 Å². The second-order valence-electron chi connectivity index (χ2n) is 26.6. The van der Waals surface area contributed by atoms with Crippen LogP contribution >= 0.6 is 15.6 Å². The maximum atomic E-state index is 13.1. The van der Waals surface area contributed by atoms with Gasteiger partial charge in [-0.1, -0.05) is 277 Å². The molecule has 0 radical (unpaired) electrons. The molecule has 0 saturated carbocycles. The topological polar surface area (TPSA) is 237 Å². The maximum absolute atomic E-state index is 13.1. The molecule has 0 amide bonds. The van der Waals surface area contributed by atoms with Crippen LogP contribution in [0.25, 0.3) is 0 Å². The predicted molar refractivity (Wildman–Crippen MR) is 427 cm³/mol. The fraction of sp³-hybridized carbons (Fsp3) is 0.694. The van der Waals surface area contributed by atoms with Crippen molar-refractivity contribution in [2.24, 2.45) is 0 Å². The lowest BCUT2D eigenvalue weighted by molar-refractivity contribution is -0.161. The summed E-state index contributed by atoms with van der Waals surface area (Å²) in [6.07, 6.45) is 85.6. The number of phosphoric ester groups is 2. The van der Waals surface area contributed by atoms with Crippen LogP contribution in [0.5, 0.6) is 0 Å². The highest BCUT2D eigenvalue weighted by atomic mass is 31.2. The van der Waals surface area contributed by atoms with Gasteiger partial charge in [-0.05, 0) is 154 Å². The summed E-state index contributed by atoms with van der Waals surface area (Å²) in [5.74, 6) is -2.23. The van der Waals surface area contributed by atoms with Gasteiger partial charge < -0.3 is 33.8 Å². The summed E-state index contributed by atoms with van der Waals surface area (Å²) in [4.78, 5) is 73.1. The number of hydrogen-bond donors (Lipinski definition) is 3. The van der Waals surface area contributed by atoms with Crippen LogP contribution in [0, 0.1) is 0 Å². The molecule has 0 aliphatic carbocycles. The number of esters is 4. The molecule has 0 bridgehead atoms. The van der Waals surface area contributed by atoms with Gasteiger partial charge >= 0.3 is 39.5 Å². The normalized spacial score (nSPS) is 14.6. The summed E-state index contributed by atoms with van der Waals surface area (Å²) in [5, 5.41) is 10.6. The average Bonchev–Trinajstić information content (AvgIpc) is 0.917. The van der Waals surface area contributed by atoms with E-state index in [0.29, 0.717) is 25.7 Å². The van der Waals surface area contributed by atoms with Gasteiger partial charge in [0, 0.05) is 25.7 Å². The highest BCUT2D eigenvalue weighted by Gasteiger charge is 2.30. The van der Waals surface area contributed by atoms with Gasteiger partial charge in [0.1, 0.15) is 19.3 Å². The lowest BCUT2D eigenvalue weighted by Crippen LogP contribution is -2.30. The van der Waals surface area contributed by atoms with Gasteiger partial charge in [-0.2, -0.15) is 0 Å². The summed E-state index contributed by atoms with van der Waals surface area (Å²) < 4.78 is 68.6. The van der Waals surface area contributed by atoms with Crippen LogP contribution in [0.15, 0.2) is 134 Å². The minimum Gasteiger partial charge on any atom is -0.462 e. The van der Waals surface area contributed by atoms with Gasteiger partial charge in [-0.15, -0.1) is 0 Å². The molecule has 0 aromatic heterocycles. The van der Waals surface area contributed by atoms with E-state index in [1.807, 2.05) is 0 Å². The van der Waals surface area contributed by atoms with E-state index < -0.39 is 97.5 Å². The van der Waals surface area contributed by atoms with E-state index in [4.69, 9.17) is 37.0 Å². The third-order valence-corrected chi connectivity index (χ3v) is 18.5. The highest BCUT2D eigenvalue weighted by molar-refractivity contribution is 7.47. The smallest absolute Gasteiger partial charge is 0.462 e. The van der Waals surface area contributed by atoms with E-state index >= 15 is 0 Å². The molecule has 5 unspecified atom stereocenters. The Bertz CT molecular complexity index is 2490. The Kier molecular flexibility index (Phi) is 72.9. The van der Waals surface area contributed by atoms with Gasteiger partial charge in [-0.3, -0.25) is 37.3 Å². The van der Waals surface area contributed by atoms with E-state index in [9.17, 15) is 43.2 Å². The maximum Gasteiger partial charge on any atom is 0.472 e. The minimum absolute atomic E-state index is 0.0719. The molecule has 0 fully saturated rings. The van der Waals surface area contributed by atoms with Crippen LogP contribution in [0.3, 0.4) is 0 Å². The highest BCUT2D eigenvalue weighted by Crippen LogP contribution is 2.45. The van der Waals surface area contributed by atoms with Crippen LogP contribution in [-0.2, 0) is 65.4 Å². The SMILES string of the molecule is CC/C=C\C/C=C\C/C=C\CCCCCCCCCC(=O)OC(COC(=O)CCCCCCCC/C=C\C/C=C\C/C=C\CCCCC)COP(=O)(O)OCC(O)COP(=O)(O)OCC(COC(=O)CCCCCCC/C=C\C/C=C\C/C=C\CC)OC(=O)CCCCCCC/C=C\C/C=C\CCC. The number of ether oxygens (including phenoxy) is 4. The number of unbranched alkanes of at least 4 members (excludes halogenated alkanes) is 27.